The zero-order valence-electron chi connectivity index (χ0n) is 11.0. The number of hydrogen-bond donors (Lipinski definition) is 1. The van der Waals surface area contributed by atoms with E-state index in [4.69, 9.17) is 5.11 Å². The molecule has 0 saturated carbocycles. The molecule has 0 aliphatic carbocycles. The Kier molecular flexibility index (Phi) is 7.21. The highest BCUT2D eigenvalue weighted by Gasteiger charge is 2.19. The minimum absolute atomic E-state index is 0.240. The van der Waals surface area contributed by atoms with E-state index in [1.807, 2.05) is 4.90 Å². The van der Waals surface area contributed by atoms with E-state index in [9.17, 15) is 4.79 Å². The van der Waals surface area contributed by atoms with Crippen molar-refractivity contribution in [2.75, 3.05) is 39.3 Å². The second-order valence-corrected chi connectivity index (χ2v) is 4.76. The maximum absolute atomic E-state index is 11.9. The summed E-state index contributed by atoms with van der Waals surface area (Å²) in [5, 5.41) is 8.66. The highest BCUT2D eigenvalue weighted by molar-refractivity contribution is 5.76. The van der Waals surface area contributed by atoms with Crippen LogP contribution in [0.2, 0.25) is 0 Å². The van der Waals surface area contributed by atoms with E-state index >= 15 is 0 Å². The Morgan fingerprint density at radius 1 is 1.12 bits per heavy atom. The fourth-order valence-electron chi connectivity index (χ4n) is 2.26. The largest absolute Gasteiger partial charge is 0.396 e. The molecule has 0 aromatic carbocycles. The first-order chi connectivity index (χ1) is 8.27. The number of amides is 1. The van der Waals surface area contributed by atoms with Crippen molar-refractivity contribution in [2.24, 2.45) is 0 Å². The second-order valence-electron chi connectivity index (χ2n) is 4.76. The van der Waals surface area contributed by atoms with Crippen molar-refractivity contribution in [3.8, 4) is 0 Å². The Morgan fingerprint density at radius 2 is 1.82 bits per heavy atom. The molecule has 1 aliphatic rings. The van der Waals surface area contributed by atoms with Crippen molar-refractivity contribution in [1.29, 1.82) is 0 Å². The second kappa shape index (κ2) is 8.48. The van der Waals surface area contributed by atoms with Gasteiger partial charge in [-0.15, -0.1) is 0 Å². The van der Waals surface area contributed by atoms with Crippen LogP contribution < -0.4 is 0 Å². The summed E-state index contributed by atoms with van der Waals surface area (Å²) in [7, 11) is 0. The predicted octanol–water partition coefficient (Wildman–Crippen LogP) is 1.09. The van der Waals surface area contributed by atoms with Crippen LogP contribution in [-0.2, 0) is 4.79 Å². The lowest BCUT2D eigenvalue weighted by Gasteiger charge is -2.34. The SMILES string of the molecule is CCCN1CCN(C(=O)CCCCCO)CC1. The zero-order valence-corrected chi connectivity index (χ0v) is 11.0. The van der Waals surface area contributed by atoms with Gasteiger partial charge in [0, 0.05) is 39.2 Å². The summed E-state index contributed by atoms with van der Waals surface area (Å²) in [6.07, 6.45) is 4.52. The van der Waals surface area contributed by atoms with Crippen LogP contribution in [0, 0.1) is 0 Å². The van der Waals surface area contributed by atoms with Crippen molar-refractivity contribution >= 4 is 5.91 Å². The molecule has 1 rings (SSSR count). The molecule has 4 heteroatoms. The maximum Gasteiger partial charge on any atom is 0.222 e. The van der Waals surface area contributed by atoms with E-state index in [0.29, 0.717) is 12.3 Å². The summed E-state index contributed by atoms with van der Waals surface area (Å²) in [6, 6.07) is 0. The molecule has 0 aromatic heterocycles. The third-order valence-electron chi connectivity index (χ3n) is 3.31. The quantitative estimate of drug-likeness (QED) is 0.680. The van der Waals surface area contributed by atoms with E-state index in [0.717, 1.165) is 52.0 Å². The minimum Gasteiger partial charge on any atom is -0.396 e. The van der Waals surface area contributed by atoms with Crippen molar-refractivity contribution in [3.05, 3.63) is 0 Å². The average Bonchev–Trinajstić information content (AvgIpc) is 2.36. The number of carbonyl (C=O) groups excluding carboxylic acids is 1. The molecule has 1 N–H and O–H groups in total. The van der Waals surface area contributed by atoms with E-state index in [2.05, 4.69) is 11.8 Å². The monoisotopic (exact) mass is 242 g/mol. The number of piperazine rings is 1. The molecule has 100 valence electrons. The summed E-state index contributed by atoms with van der Waals surface area (Å²) < 4.78 is 0. The Morgan fingerprint density at radius 3 is 2.41 bits per heavy atom. The molecule has 1 amide bonds. The van der Waals surface area contributed by atoms with Crippen LogP contribution in [-0.4, -0.2) is 60.1 Å². The Bertz CT molecular complexity index is 213. The Hall–Kier alpha value is -0.610. The molecule has 0 bridgehead atoms. The number of hydrogen-bond acceptors (Lipinski definition) is 3. The number of rotatable bonds is 7. The van der Waals surface area contributed by atoms with E-state index in [1.165, 1.54) is 6.42 Å². The van der Waals surface area contributed by atoms with Crippen LogP contribution in [0.5, 0.6) is 0 Å². The van der Waals surface area contributed by atoms with Crippen LogP contribution in [0.25, 0.3) is 0 Å². The van der Waals surface area contributed by atoms with Crippen molar-refractivity contribution in [3.63, 3.8) is 0 Å². The molecule has 0 spiro atoms. The van der Waals surface area contributed by atoms with Crippen LogP contribution in [0.15, 0.2) is 0 Å². The third-order valence-corrected chi connectivity index (χ3v) is 3.31. The van der Waals surface area contributed by atoms with Crippen molar-refractivity contribution < 1.29 is 9.90 Å². The molecule has 0 atom stereocenters. The Labute approximate surface area is 105 Å². The molecule has 1 heterocycles. The predicted molar refractivity (Wildman–Crippen MR) is 68.9 cm³/mol. The van der Waals surface area contributed by atoms with E-state index in [-0.39, 0.29) is 6.61 Å². The van der Waals surface area contributed by atoms with E-state index < -0.39 is 0 Å². The topological polar surface area (TPSA) is 43.8 Å². The zero-order chi connectivity index (χ0) is 12.5. The van der Waals surface area contributed by atoms with Crippen molar-refractivity contribution in [1.82, 2.24) is 9.80 Å². The highest BCUT2D eigenvalue weighted by atomic mass is 16.2. The molecule has 1 aliphatic heterocycles. The summed E-state index contributed by atoms with van der Waals surface area (Å²) in [5.74, 6) is 0.291. The fraction of sp³-hybridized carbons (Fsp3) is 0.923. The number of nitrogens with zero attached hydrogens (tertiary/aromatic N) is 2. The summed E-state index contributed by atoms with van der Waals surface area (Å²) in [6.45, 7) is 7.41. The normalized spacial score (nSPS) is 17.4. The first-order valence-electron chi connectivity index (χ1n) is 6.89. The van der Waals surface area contributed by atoms with Gasteiger partial charge < -0.3 is 10.0 Å². The molecule has 0 aromatic rings. The van der Waals surface area contributed by atoms with Crippen molar-refractivity contribution in [2.45, 2.75) is 39.0 Å². The summed E-state index contributed by atoms with van der Waals surface area (Å²) in [4.78, 5) is 16.3. The van der Waals surface area contributed by atoms with Gasteiger partial charge in [-0.1, -0.05) is 13.3 Å². The minimum atomic E-state index is 0.240. The maximum atomic E-state index is 11.9. The molecular formula is C13H26N2O2. The highest BCUT2D eigenvalue weighted by Crippen LogP contribution is 2.07. The number of aliphatic hydroxyl groups excluding tert-OH is 1. The molecule has 0 radical (unpaired) electrons. The molecule has 17 heavy (non-hydrogen) atoms. The van der Waals surface area contributed by atoms with Gasteiger partial charge in [0.25, 0.3) is 0 Å². The van der Waals surface area contributed by atoms with Gasteiger partial charge in [-0.2, -0.15) is 0 Å². The molecule has 4 nitrogen and oxygen atoms in total. The van der Waals surface area contributed by atoms with Crippen LogP contribution in [0.4, 0.5) is 0 Å². The van der Waals surface area contributed by atoms with Crippen LogP contribution in [0.1, 0.15) is 39.0 Å². The first-order valence-corrected chi connectivity index (χ1v) is 6.89. The van der Waals surface area contributed by atoms with Gasteiger partial charge in [0.05, 0.1) is 0 Å². The molecule has 1 fully saturated rings. The molecule has 0 unspecified atom stereocenters. The molecular weight excluding hydrogens is 216 g/mol. The number of aliphatic hydroxyl groups is 1. The standard InChI is InChI=1S/C13H26N2O2/c1-2-7-14-8-10-15(11-9-14)13(17)6-4-3-5-12-16/h16H,2-12H2,1H3. The first kappa shape index (κ1) is 14.5. The van der Waals surface area contributed by atoms with Crippen LogP contribution >= 0.6 is 0 Å². The van der Waals surface area contributed by atoms with Gasteiger partial charge >= 0.3 is 0 Å². The van der Waals surface area contributed by atoms with Crippen LogP contribution in [0.3, 0.4) is 0 Å². The lowest BCUT2D eigenvalue weighted by atomic mass is 10.1. The average molecular weight is 242 g/mol. The van der Waals surface area contributed by atoms with Gasteiger partial charge in [-0.25, -0.2) is 0 Å². The summed E-state index contributed by atoms with van der Waals surface area (Å²) in [5.41, 5.74) is 0. The summed E-state index contributed by atoms with van der Waals surface area (Å²) >= 11 is 0. The lowest BCUT2D eigenvalue weighted by Crippen LogP contribution is -2.48. The fourth-order valence-corrected chi connectivity index (χ4v) is 2.26. The van der Waals surface area contributed by atoms with Gasteiger partial charge in [0.1, 0.15) is 0 Å². The lowest BCUT2D eigenvalue weighted by molar-refractivity contribution is -0.133. The number of unbranched alkanes of at least 4 members (excludes halogenated alkanes) is 2. The van der Waals surface area contributed by atoms with Gasteiger partial charge in [0.2, 0.25) is 5.91 Å². The third kappa shape index (κ3) is 5.50. The van der Waals surface area contributed by atoms with Gasteiger partial charge in [0.15, 0.2) is 0 Å². The number of carbonyl (C=O) groups is 1. The van der Waals surface area contributed by atoms with Gasteiger partial charge in [-0.3, -0.25) is 9.69 Å². The smallest absolute Gasteiger partial charge is 0.222 e. The Balaban J connectivity index is 2.12. The van der Waals surface area contributed by atoms with E-state index in [1.54, 1.807) is 0 Å². The molecule has 1 saturated heterocycles. The van der Waals surface area contributed by atoms with Gasteiger partial charge in [-0.05, 0) is 25.8 Å².